The van der Waals surface area contributed by atoms with Gasteiger partial charge in [0.2, 0.25) is 0 Å². The van der Waals surface area contributed by atoms with Gasteiger partial charge in [0.05, 0.1) is 24.3 Å². The number of carbonyl (C=O) groups is 1. The van der Waals surface area contributed by atoms with E-state index in [9.17, 15) is 13.6 Å². The first kappa shape index (κ1) is 15.8. The van der Waals surface area contributed by atoms with Crippen LogP contribution in [-0.2, 0) is 4.74 Å². The number of benzene rings is 1. The van der Waals surface area contributed by atoms with Crippen molar-refractivity contribution in [3.63, 3.8) is 0 Å². The van der Waals surface area contributed by atoms with Gasteiger partial charge in [-0.3, -0.25) is 0 Å². The third-order valence-electron chi connectivity index (χ3n) is 3.03. The van der Waals surface area contributed by atoms with Gasteiger partial charge in [0.15, 0.2) is 0 Å². The van der Waals surface area contributed by atoms with E-state index < -0.39 is 6.61 Å². The summed E-state index contributed by atoms with van der Waals surface area (Å²) >= 11 is 5.75. The van der Waals surface area contributed by atoms with Crippen molar-refractivity contribution in [1.29, 1.82) is 0 Å². The Labute approximate surface area is 125 Å². The molecule has 2 rings (SSSR count). The molecule has 5 nitrogen and oxygen atoms in total. The third-order valence-corrected chi connectivity index (χ3v) is 3.34. The standard InChI is InChI=1S/C13H15ClF2N2O3/c1-8-7-20-5-4-18(8)13(19)17-9-2-3-10(14)11(6-9)21-12(15)16/h2-3,6,8,12H,4-5,7H2,1H3,(H,17,19). The molecular weight excluding hydrogens is 306 g/mol. The Kier molecular flexibility index (Phi) is 5.19. The molecule has 1 aliphatic rings. The number of rotatable bonds is 3. The Morgan fingerprint density at radius 1 is 1.57 bits per heavy atom. The first-order chi connectivity index (χ1) is 9.97. The fourth-order valence-electron chi connectivity index (χ4n) is 1.99. The molecule has 0 radical (unpaired) electrons. The van der Waals surface area contributed by atoms with E-state index in [-0.39, 0.29) is 22.8 Å². The van der Waals surface area contributed by atoms with Crippen molar-refractivity contribution in [2.75, 3.05) is 25.1 Å². The highest BCUT2D eigenvalue weighted by Crippen LogP contribution is 2.29. The number of morpholine rings is 1. The summed E-state index contributed by atoms with van der Waals surface area (Å²) in [6.07, 6.45) is 0. The van der Waals surface area contributed by atoms with Crippen LogP contribution < -0.4 is 10.1 Å². The molecule has 0 aromatic heterocycles. The van der Waals surface area contributed by atoms with E-state index in [4.69, 9.17) is 16.3 Å². The van der Waals surface area contributed by atoms with Gasteiger partial charge in [-0.05, 0) is 19.1 Å². The summed E-state index contributed by atoms with van der Waals surface area (Å²) in [6, 6.07) is 3.79. The van der Waals surface area contributed by atoms with Gasteiger partial charge in [0.1, 0.15) is 5.75 Å². The van der Waals surface area contributed by atoms with Crippen molar-refractivity contribution in [3.8, 4) is 5.75 Å². The lowest BCUT2D eigenvalue weighted by Crippen LogP contribution is -2.48. The summed E-state index contributed by atoms with van der Waals surface area (Å²) in [5, 5.41) is 2.68. The maximum Gasteiger partial charge on any atom is 0.387 e. The number of ether oxygens (including phenoxy) is 2. The zero-order chi connectivity index (χ0) is 15.4. The van der Waals surface area contributed by atoms with Crippen LogP contribution in [0.4, 0.5) is 19.3 Å². The number of carbonyl (C=O) groups excluding carboxylic acids is 1. The second kappa shape index (κ2) is 6.91. The third kappa shape index (κ3) is 4.18. The van der Waals surface area contributed by atoms with Crippen LogP contribution in [-0.4, -0.2) is 43.3 Å². The molecule has 1 heterocycles. The monoisotopic (exact) mass is 320 g/mol. The average Bonchev–Trinajstić information content (AvgIpc) is 2.42. The minimum absolute atomic E-state index is 0.0491. The summed E-state index contributed by atoms with van der Waals surface area (Å²) in [5.41, 5.74) is 0.332. The molecule has 116 valence electrons. The highest BCUT2D eigenvalue weighted by atomic mass is 35.5. The van der Waals surface area contributed by atoms with Crippen molar-refractivity contribution in [1.82, 2.24) is 4.90 Å². The molecule has 1 saturated heterocycles. The van der Waals surface area contributed by atoms with Crippen LogP contribution in [0.15, 0.2) is 18.2 Å². The summed E-state index contributed by atoms with van der Waals surface area (Å²) in [5.74, 6) is -0.181. The largest absolute Gasteiger partial charge is 0.433 e. The smallest absolute Gasteiger partial charge is 0.387 e. The first-order valence-electron chi connectivity index (χ1n) is 6.37. The van der Waals surface area contributed by atoms with E-state index in [1.165, 1.54) is 18.2 Å². The van der Waals surface area contributed by atoms with Crippen LogP contribution in [0.1, 0.15) is 6.92 Å². The molecule has 1 unspecified atom stereocenters. The minimum Gasteiger partial charge on any atom is -0.433 e. The Morgan fingerprint density at radius 2 is 2.33 bits per heavy atom. The van der Waals surface area contributed by atoms with E-state index in [1.54, 1.807) is 4.90 Å². The lowest BCUT2D eigenvalue weighted by molar-refractivity contribution is -0.0497. The zero-order valence-corrected chi connectivity index (χ0v) is 12.1. The molecule has 1 fully saturated rings. The number of anilines is 1. The summed E-state index contributed by atoms with van der Waals surface area (Å²) < 4.78 is 34.0. The molecule has 1 aliphatic heterocycles. The number of hydrogen-bond acceptors (Lipinski definition) is 3. The highest BCUT2D eigenvalue weighted by Gasteiger charge is 2.24. The van der Waals surface area contributed by atoms with Gasteiger partial charge in [-0.2, -0.15) is 8.78 Å². The molecular formula is C13H15ClF2N2O3. The number of hydrogen-bond donors (Lipinski definition) is 1. The molecule has 1 aromatic carbocycles. The van der Waals surface area contributed by atoms with Gasteiger partial charge in [0.25, 0.3) is 0 Å². The van der Waals surface area contributed by atoms with Crippen LogP contribution in [0.25, 0.3) is 0 Å². The average molecular weight is 321 g/mol. The van der Waals surface area contributed by atoms with Gasteiger partial charge >= 0.3 is 12.6 Å². The second-order valence-corrected chi connectivity index (χ2v) is 4.98. The fourth-order valence-corrected chi connectivity index (χ4v) is 2.15. The van der Waals surface area contributed by atoms with Crippen LogP contribution in [0.2, 0.25) is 5.02 Å². The molecule has 21 heavy (non-hydrogen) atoms. The van der Waals surface area contributed by atoms with E-state index >= 15 is 0 Å². The lowest BCUT2D eigenvalue weighted by atomic mass is 10.2. The second-order valence-electron chi connectivity index (χ2n) is 4.57. The van der Waals surface area contributed by atoms with Crippen molar-refractivity contribution in [2.24, 2.45) is 0 Å². The Hall–Kier alpha value is -1.60. The van der Waals surface area contributed by atoms with Gasteiger partial charge in [0, 0.05) is 18.3 Å². The van der Waals surface area contributed by atoms with Gasteiger partial charge < -0.3 is 19.7 Å². The summed E-state index contributed by atoms with van der Waals surface area (Å²) in [6.45, 7) is 0.298. The van der Waals surface area contributed by atoms with Gasteiger partial charge in [-0.1, -0.05) is 11.6 Å². The maximum absolute atomic E-state index is 12.2. The van der Waals surface area contributed by atoms with E-state index in [0.717, 1.165) is 0 Å². The number of nitrogens with one attached hydrogen (secondary N) is 1. The Morgan fingerprint density at radius 3 is 3.00 bits per heavy atom. The molecule has 1 aromatic rings. The molecule has 0 aliphatic carbocycles. The highest BCUT2D eigenvalue weighted by molar-refractivity contribution is 6.32. The molecule has 2 amide bonds. The van der Waals surface area contributed by atoms with Crippen LogP contribution in [0, 0.1) is 0 Å². The molecule has 1 atom stereocenters. The predicted molar refractivity (Wildman–Crippen MR) is 74.1 cm³/mol. The fraction of sp³-hybridized carbons (Fsp3) is 0.462. The van der Waals surface area contributed by atoms with Crippen molar-refractivity contribution < 1.29 is 23.0 Å². The molecule has 8 heteroatoms. The van der Waals surface area contributed by atoms with Crippen LogP contribution >= 0.6 is 11.6 Å². The predicted octanol–water partition coefficient (Wildman–Crippen LogP) is 3.19. The van der Waals surface area contributed by atoms with Gasteiger partial charge in [-0.15, -0.1) is 0 Å². The van der Waals surface area contributed by atoms with Crippen LogP contribution in [0.5, 0.6) is 5.75 Å². The van der Waals surface area contributed by atoms with E-state index in [1.807, 2.05) is 6.92 Å². The molecule has 0 spiro atoms. The van der Waals surface area contributed by atoms with Gasteiger partial charge in [-0.25, -0.2) is 4.79 Å². The topological polar surface area (TPSA) is 50.8 Å². The molecule has 0 saturated carbocycles. The number of alkyl halides is 2. The van der Waals surface area contributed by atoms with Crippen LogP contribution in [0.3, 0.4) is 0 Å². The van der Waals surface area contributed by atoms with E-state index in [2.05, 4.69) is 10.1 Å². The zero-order valence-electron chi connectivity index (χ0n) is 11.3. The SMILES string of the molecule is CC1COCCN1C(=O)Nc1ccc(Cl)c(OC(F)F)c1. The van der Waals surface area contributed by atoms with Crippen molar-refractivity contribution in [2.45, 2.75) is 19.6 Å². The number of nitrogens with zero attached hydrogens (tertiary/aromatic N) is 1. The minimum atomic E-state index is -2.98. The van der Waals surface area contributed by atoms with E-state index in [0.29, 0.717) is 25.4 Å². The van der Waals surface area contributed by atoms with Crippen molar-refractivity contribution >= 4 is 23.3 Å². The number of halogens is 3. The first-order valence-corrected chi connectivity index (χ1v) is 6.75. The lowest BCUT2D eigenvalue weighted by Gasteiger charge is -2.33. The Balaban J connectivity index is 2.06. The maximum atomic E-state index is 12.2. The Bertz CT molecular complexity index is 516. The number of urea groups is 1. The summed E-state index contributed by atoms with van der Waals surface area (Å²) in [7, 11) is 0. The number of amides is 2. The van der Waals surface area contributed by atoms with Crippen molar-refractivity contribution in [3.05, 3.63) is 23.2 Å². The quantitative estimate of drug-likeness (QED) is 0.930. The summed E-state index contributed by atoms with van der Waals surface area (Å²) in [4.78, 5) is 13.8. The molecule has 0 bridgehead atoms. The normalized spacial score (nSPS) is 18.7. The molecule has 1 N–H and O–H groups in total.